The summed E-state index contributed by atoms with van der Waals surface area (Å²) in [5.41, 5.74) is -0.517. The van der Waals surface area contributed by atoms with Gasteiger partial charge in [0.25, 0.3) is 0 Å². The number of esters is 1. The summed E-state index contributed by atoms with van der Waals surface area (Å²) >= 11 is 0. The minimum atomic E-state index is -0.657. The van der Waals surface area contributed by atoms with Crippen molar-refractivity contribution in [2.75, 3.05) is 14.2 Å². The summed E-state index contributed by atoms with van der Waals surface area (Å²) in [4.78, 5) is 34.8. The van der Waals surface area contributed by atoms with Crippen molar-refractivity contribution in [2.45, 2.75) is 0 Å². The van der Waals surface area contributed by atoms with Crippen LogP contribution in [-0.4, -0.2) is 39.7 Å². The molecular formula is C11H10N4O4. The number of methoxy groups -OCH3 is 2. The molecule has 2 aromatic heterocycles. The third kappa shape index (κ3) is 2.41. The smallest absolute Gasteiger partial charge is 0.359 e. The highest BCUT2D eigenvalue weighted by atomic mass is 16.5. The average Bonchev–Trinajstić information content (AvgIpc) is 2.46. The van der Waals surface area contributed by atoms with Crippen molar-refractivity contribution in [2.24, 2.45) is 0 Å². The van der Waals surface area contributed by atoms with E-state index >= 15 is 0 Å². The van der Waals surface area contributed by atoms with Crippen molar-refractivity contribution in [3.63, 3.8) is 0 Å². The molecule has 8 nitrogen and oxygen atoms in total. The molecule has 0 spiro atoms. The number of hydrogen-bond donors (Lipinski definition) is 0. The van der Waals surface area contributed by atoms with Crippen LogP contribution in [0.1, 0.15) is 10.4 Å². The topological polar surface area (TPSA) is 96.2 Å². The maximum absolute atomic E-state index is 11.8. The Morgan fingerprint density at radius 2 is 2.11 bits per heavy atom. The zero-order valence-electron chi connectivity index (χ0n) is 10.2. The molecule has 0 aliphatic heterocycles. The van der Waals surface area contributed by atoms with Crippen molar-refractivity contribution < 1.29 is 14.3 Å². The number of nitrogens with zero attached hydrogens (tertiary/aromatic N) is 4. The third-order valence-electron chi connectivity index (χ3n) is 2.28. The van der Waals surface area contributed by atoms with Crippen LogP contribution in [0.25, 0.3) is 5.82 Å². The summed E-state index contributed by atoms with van der Waals surface area (Å²) in [5, 5.41) is 0. The van der Waals surface area contributed by atoms with Crippen molar-refractivity contribution in [3.8, 4) is 11.8 Å². The lowest BCUT2D eigenvalue weighted by Crippen LogP contribution is -2.25. The van der Waals surface area contributed by atoms with Gasteiger partial charge in [-0.3, -0.25) is 0 Å². The SMILES string of the molecule is COC(=O)c1cccnc1-n1cnc(OC)nc1=O. The fourth-order valence-corrected chi connectivity index (χ4v) is 1.42. The van der Waals surface area contributed by atoms with Crippen LogP contribution >= 0.6 is 0 Å². The first-order valence-corrected chi connectivity index (χ1v) is 5.20. The predicted molar refractivity (Wildman–Crippen MR) is 63.3 cm³/mol. The zero-order chi connectivity index (χ0) is 13.8. The molecule has 2 rings (SSSR count). The van der Waals surface area contributed by atoms with Gasteiger partial charge in [0.2, 0.25) is 0 Å². The van der Waals surface area contributed by atoms with Crippen molar-refractivity contribution in [1.29, 1.82) is 0 Å². The second kappa shape index (κ2) is 5.25. The standard InChI is InChI=1S/C11H10N4O4/c1-18-9(16)7-4-3-5-12-8(7)15-6-13-10(19-2)14-11(15)17/h3-6H,1-2H3. The van der Waals surface area contributed by atoms with Crippen LogP contribution in [0.2, 0.25) is 0 Å². The van der Waals surface area contributed by atoms with Gasteiger partial charge in [0.05, 0.1) is 14.2 Å². The Balaban J connectivity index is 2.59. The molecule has 2 aromatic rings. The normalized spacial score (nSPS) is 10.0. The highest BCUT2D eigenvalue weighted by molar-refractivity contribution is 5.92. The van der Waals surface area contributed by atoms with E-state index in [0.717, 1.165) is 4.57 Å². The quantitative estimate of drug-likeness (QED) is 0.707. The molecule has 0 saturated carbocycles. The second-order valence-corrected chi connectivity index (χ2v) is 3.36. The van der Waals surface area contributed by atoms with E-state index in [1.807, 2.05) is 0 Å². The molecule has 0 atom stereocenters. The third-order valence-corrected chi connectivity index (χ3v) is 2.28. The Morgan fingerprint density at radius 3 is 2.74 bits per heavy atom. The van der Waals surface area contributed by atoms with Gasteiger partial charge < -0.3 is 9.47 Å². The lowest BCUT2D eigenvalue weighted by atomic mass is 10.2. The maximum atomic E-state index is 11.8. The van der Waals surface area contributed by atoms with Crippen molar-refractivity contribution in [1.82, 2.24) is 19.5 Å². The first kappa shape index (κ1) is 12.7. The van der Waals surface area contributed by atoms with Crippen molar-refractivity contribution >= 4 is 5.97 Å². The van der Waals surface area contributed by atoms with Crippen LogP contribution in [-0.2, 0) is 4.74 Å². The lowest BCUT2D eigenvalue weighted by Gasteiger charge is -2.08. The predicted octanol–water partition coefficient (Wildman–Crippen LogP) is -0.182. The molecule has 0 aromatic carbocycles. The molecule has 0 N–H and O–H groups in total. The lowest BCUT2D eigenvalue weighted by molar-refractivity contribution is 0.0600. The number of pyridine rings is 1. The van der Waals surface area contributed by atoms with Gasteiger partial charge in [-0.2, -0.15) is 4.98 Å². The molecule has 0 aliphatic carbocycles. The van der Waals surface area contributed by atoms with Gasteiger partial charge in [-0.15, -0.1) is 4.98 Å². The molecule has 98 valence electrons. The minimum Gasteiger partial charge on any atom is -0.467 e. The second-order valence-electron chi connectivity index (χ2n) is 3.36. The van der Waals surface area contributed by atoms with Crippen LogP contribution < -0.4 is 10.4 Å². The van der Waals surface area contributed by atoms with E-state index in [1.54, 1.807) is 6.07 Å². The largest absolute Gasteiger partial charge is 0.467 e. The Labute approximate surface area is 107 Å². The van der Waals surface area contributed by atoms with E-state index in [1.165, 1.54) is 32.8 Å². The minimum absolute atomic E-state index is 0.0585. The molecule has 0 radical (unpaired) electrons. The summed E-state index contributed by atoms with van der Waals surface area (Å²) in [7, 11) is 2.59. The molecule has 2 heterocycles. The number of ether oxygens (including phenoxy) is 2. The van der Waals surface area contributed by atoms with E-state index in [-0.39, 0.29) is 17.4 Å². The zero-order valence-corrected chi connectivity index (χ0v) is 10.2. The van der Waals surface area contributed by atoms with Crippen molar-refractivity contribution in [3.05, 3.63) is 40.7 Å². The fourth-order valence-electron chi connectivity index (χ4n) is 1.42. The van der Waals surface area contributed by atoms with Gasteiger partial charge in [0.15, 0.2) is 5.82 Å². The van der Waals surface area contributed by atoms with Gasteiger partial charge in [-0.1, -0.05) is 0 Å². The Hall–Kier alpha value is -2.77. The Morgan fingerprint density at radius 1 is 1.32 bits per heavy atom. The van der Waals surface area contributed by atoms with E-state index < -0.39 is 11.7 Å². The fraction of sp³-hybridized carbons (Fsp3) is 0.182. The van der Waals surface area contributed by atoms with Gasteiger partial charge in [0, 0.05) is 6.20 Å². The molecule has 0 fully saturated rings. The van der Waals surface area contributed by atoms with Crippen LogP contribution in [0, 0.1) is 0 Å². The number of carbonyl (C=O) groups excluding carboxylic acids is 1. The first-order valence-electron chi connectivity index (χ1n) is 5.20. The maximum Gasteiger partial charge on any atom is 0.359 e. The highest BCUT2D eigenvalue weighted by Crippen LogP contribution is 2.10. The Kier molecular flexibility index (Phi) is 3.51. The number of rotatable bonds is 3. The summed E-state index contributed by atoms with van der Waals surface area (Å²) in [5.74, 6) is -0.507. The molecule has 0 bridgehead atoms. The first-order chi connectivity index (χ1) is 9.17. The summed E-state index contributed by atoms with van der Waals surface area (Å²) in [6, 6.07) is 2.99. The molecule has 8 heteroatoms. The van der Waals surface area contributed by atoms with Crippen LogP contribution in [0.15, 0.2) is 29.5 Å². The van der Waals surface area contributed by atoms with E-state index in [4.69, 9.17) is 4.74 Å². The number of aromatic nitrogens is 4. The number of carbonyl (C=O) groups is 1. The monoisotopic (exact) mass is 262 g/mol. The highest BCUT2D eigenvalue weighted by Gasteiger charge is 2.16. The molecule has 0 saturated heterocycles. The molecule has 0 aliphatic rings. The number of hydrogen-bond acceptors (Lipinski definition) is 7. The molecule has 0 unspecified atom stereocenters. The molecular weight excluding hydrogens is 252 g/mol. The van der Waals surface area contributed by atoms with Gasteiger partial charge >= 0.3 is 17.7 Å². The van der Waals surface area contributed by atoms with Gasteiger partial charge in [0.1, 0.15) is 11.9 Å². The Bertz CT molecular complexity index is 668. The van der Waals surface area contributed by atoms with Crippen LogP contribution in [0.4, 0.5) is 0 Å². The average molecular weight is 262 g/mol. The summed E-state index contributed by atoms with van der Waals surface area (Å²) in [6.07, 6.45) is 2.63. The molecule has 0 amide bonds. The molecule has 19 heavy (non-hydrogen) atoms. The van der Waals surface area contributed by atoms with E-state index in [0.29, 0.717) is 0 Å². The van der Waals surface area contributed by atoms with Gasteiger partial charge in [-0.05, 0) is 12.1 Å². The summed E-state index contributed by atoms with van der Waals surface area (Å²) in [6.45, 7) is 0. The van der Waals surface area contributed by atoms with E-state index in [2.05, 4.69) is 19.7 Å². The summed E-state index contributed by atoms with van der Waals surface area (Å²) < 4.78 is 10.4. The van der Waals surface area contributed by atoms with Gasteiger partial charge in [-0.25, -0.2) is 19.1 Å². The van der Waals surface area contributed by atoms with E-state index in [9.17, 15) is 9.59 Å². The van der Waals surface area contributed by atoms with Crippen LogP contribution in [0.3, 0.4) is 0 Å². The van der Waals surface area contributed by atoms with Crippen LogP contribution in [0.5, 0.6) is 6.01 Å².